The number of carbonyl (C=O) groups excluding carboxylic acids is 1. The summed E-state index contributed by atoms with van der Waals surface area (Å²) in [6, 6.07) is 11.9. The molecule has 0 bridgehead atoms. The average Bonchev–Trinajstić information content (AvgIpc) is 3.00. The quantitative estimate of drug-likeness (QED) is 0.463. The van der Waals surface area contributed by atoms with Gasteiger partial charge in [0.1, 0.15) is 11.3 Å². The highest BCUT2D eigenvalue weighted by molar-refractivity contribution is 6.31. The van der Waals surface area contributed by atoms with Crippen LogP contribution in [-0.2, 0) is 0 Å². The monoisotopic (exact) mass is 425 g/mol. The lowest BCUT2D eigenvalue weighted by Crippen LogP contribution is -2.25. The van der Waals surface area contributed by atoms with Gasteiger partial charge in [-0.05, 0) is 42.3 Å². The van der Waals surface area contributed by atoms with E-state index in [2.05, 4.69) is 6.92 Å². The van der Waals surface area contributed by atoms with E-state index < -0.39 is 6.04 Å². The third-order valence-corrected chi connectivity index (χ3v) is 5.76. The molecule has 2 aromatic carbocycles. The molecular formula is C24H24ClNO4. The topological polar surface area (TPSA) is 59.8 Å². The van der Waals surface area contributed by atoms with Crippen molar-refractivity contribution in [2.24, 2.45) is 0 Å². The molecule has 30 heavy (non-hydrogen) atoms. The fourth-order valence-corrected chi connectivity index (χ4v) is 4.09. The first kappa shape index (κ1) is 20.5. The summed E-state index contributed by atoms with van der Waals surface area (Å²) < 4.78 is 11.6. The fraction of sp³-hybridized carbons (Fsp3) is 0.333. The minimum Gasteiger partial charge on any atom is -0.494 e. The number of halogens is 1. The van der Waals surface area contributed by atoms with Crippen LogP contribution < -0.4 is 10.2 Å². The van der Waals surface area contributed by atoms with Gasteiger partial charge < -0.3 is 14.1 Å². The van der Waals surface area contributed by atoms with Crippen molar-refractivity contribution in [1.82, 2.24) is 4.90 Å². The zero-order chi connectivity index (χ0) is 21.3. The molecule has 1 aromatic heterocycles. The third kappa shape index (κ3) is 3.70. The summed E-state index contributed by atoms with van der Waals surface area (Å²) in [7, 11) is 1.68. The van der Waals surface area contributed by atoms with Gasteiger partial charge in [-0.1, -0.05) is 49.9 Å². The van der Waals surface area contributed by atoms with E-state index >= 15 is 0 Å². The van der Waals surface area contributed by atoms with Crippen molar-refractivity contribution in [2.45, 2.75) is 38.6 Å². The number of fused-ring (bicyclic) bond motifs is 2. The van der Waals surface area contributed by atoms with Crippen LogP contribution in [0.25, 0.3) is 11.0 Å². The van der Waals surface area contributed by atoms with E-state index in [9.17, 15) is 9.59 Å². The lowest BCUT2D eigenvalue weighted by Gasteiger charge is -2.20. The largest absolute Gasteiger partial charge is 0.494 e. The van der Waals surface area contributed by atoms with Gasteiger partial charge in [0, 0.05) is 12.1 Å². The molecule has 1 aliphatic heterocycles. The van der Waals surface area contributed by atoms with E-state index in [0.29, 0.717) is 28.2 Å². The Bertz CT molecular complexity index is 1140. The Labute approximate surface area is 180 Å². The van der Waals surface area contributed by atoms with E-state index in [1.807, 2.05) is 24.3 Å². The van der Waals surface area contributed by atoms with Gasteiger partial charge in [-0.25, -0.2) is 0 Å². The number of carbonyl (C=O) groups is 1. The molecule has 0 fully saturated rings. The maximum Gasteiger partial charge on any atom is 0.290 e. The predicted molar refractivity (Wildman–Crippen MR) is 118 cm³/mol. The molecule has 0 aliphatic carbocycles. The third-order valence-electron chi connectivity index (χ3n) is 5.53. The molecule has 0 N–H and O–H groups in total. The Kier molecular flexibility index (Phi) is 5.82. The number of nitrogens with zero attached hydrogens (tertiary/aromatic N) is 1. The van der Waals surface area contributed by atoms with Gasteiger partial charge in [-0.2, -0.15) is 0 Å². The predicted octanol–water partition coefficient (Wildman–Crippen LogP) is 5.58. The molecule has 156 valence electrons. The molecule has 0 radical (unpaired) electrons. The number of ether oxygens (including phenoxy) is 1. The maximum atomic E-state index is 13.2. The van der Waals surface area contributed by atoms with Crippen LogP contribution in [0.3, 0.4) is 0 Å². The smallest absolute Gasteiger partial charge is 0.290 e. The summed E-state index contributed by atoms with van der Waals surface area (Å²) in [5.74, 6) is 0.568. The minimum absolute atomic E-state index is 0.0959. The number of hydrogen-bond acceptors (Lipinski definition) is 4. The molecular weight excluding hydrogens is 402 g/mol. The van der Waals surface area contributed by atoms with E-state index in [0.717, 1.165) is 24.2 Å². The first-order chi connectivity index (χ1) is 14.5. The van der Waals surface area contributed by atoms with Crippen LogP contribution in [0.4, 0.5) is 0 Å². The first-order valence-electron chi connectivity index (χ1n) is 10.3. The standard InChI is InChI=1S/C24H24ClNO4/c1-3-4-5-6-13-29-17-10-7-15(8-11-17)21-20-22(27)18-14-16(25)9-12-19(18)30-23(20)24(28)26(21)2/h7-12,14,21H,3-6,13H2,1-2H3. The highest BCUT2D eigenvalue weighted by Crippen LogP contribution is 2.37. The summed E-state index contributed by atoms with van der Waals surface area (Å²) in [4.78, 5) is 27.5. The number of unbranched alkanes of at least 4 members (excludes halogenated alkanes) is 3. The van der Waals surface area contributed by atoms with Gasteiger partial charge in [-0.3, -0.25) is 9.59 Å². The second-order valence-electron chi connectivity index (χ2n) is 7.61. The zero-order valence-electron chi connectivity index (χ0n) is 17.1. The van der Waals surface area contributed by atoms with Crippen LogP contribution in [0, 0.1) is 0 Å². The SMILES string of the molecule is CCCCCCOc1ccc(C2c3c(oc4ccc(Cl)cc4c3=O)C(=O)N2C)cc1. The van der Waals surface area contributed by atoms with Crippen molar-refractivity contribution in [2.75, 3.05) is 13.7 Å². The molecule has 5 nitrogen and oxygen atoms in total. The molecule has 4 rings (SSSR count). The average molecular weight is 426 g/mol. The second kappa shape index (κ2) is 8.52. The Hall–Kier alpha value is -2.79. The van der Waals surface area contributed by atoms with Gasteiger partial charge in [0.2, 0.25) is 5.76 Å². The normalized spacial score (nSPS) is 15.6. The van der Waals surface area contributed by atoms with Gasteiger partial charge in [0.25, 0.3) is 5.91 Å². The zero-order valence-corrected chi connectivity index (χ0v) is 17.9. The van der Waals surface area contributed by atoms with Crippen molar-refractivity contribution in [1.29, 1.82) is 0 Å². The minimum atomic E-state index is -0.509. The van der Waals surface area contributed by atoms with Crippen LogP contribution in [0.1, 0.15) is 60.3 Å². The van der Waals surface area contributed by atoms with E-state index in [4.69, 9.17) is 20.8 Å². The van der Waals surface area contributed by atoms with Crippen LogP contribution in [0.15, 0.2) is 51.7 Å². The molecule has 1 amide bonds. The molecule has 0 spiro atoms. The van der Waals surface area contributed by atoms with Crippen LogP contribution in [-0.4, -0.2) is 24.5 Å². The molecule has 1 atom stereocenters. The summed E-state index contributed by atoms with van der Waals surface area (Å²) in [5, 5.41) is 0.825. The summed E-state index contributed by atoms with van der Waals surface area (Å²) in [6.45, 7) is 2.86. The second-order valence-corrected chi connectivity index (χ2v) is 8.05. The van der Waals surface area contributed by atoms with Gasteiger partial charge in [0.15, 0.2) is 5.43 Å². The summed E-state index contributed by atoms with van der Waals surface area (Å²) in [6.07, 6.45) is 4.60. The summed E-state index contributed by atoms with van der Waals surface area (Å²) in [5.41, 5.74) is 1.31. The Morgan fingerprint density at radius 3 is 2.57 bits per heavy atom. The Morgan fingerprint density at radius 1 is 1.07 bits per heavy atom. The Morgan fingerprint density at radius 2 is 1.83 bits per heavy atom. The van der Waals surface area contributed by atoms with Gasteiger partial charge >= 0.3 is 0 Å². The van der Waals surface area contributed by atoms with Crippen LogP contribution in [0.2, 0.25) is 5.02 Å². The molecule has 1 unspecified atom stereocenters. The number of rotatable bonds is 7. The van der Waals surface area contributed by atoms with E-state index in [-0.39, 0.29) is 17.1 Å². The number of hydrogen-bond donors (Lipinski definition) is 0. The van der Waals surface area contributed by atoms with Crippen molar-refractivity contribution in [3.63, 3.8) is 0 Å². The summed E-state index contributed by atoms with van der Waals surface area (Å²) >= 11 is 6.07. The van der Waals surface area contributed by atoms with Gasteiger partial charge in [-0.15, -0.1) is 0 Å². The highest BCUT2D eigenvalue weighted by atomic mass is 35.5. The highest BCUT2D eigenvalue weighted by Gasteiger charge is 2.40. The van der Waals surface area contributed by atoms with Crippen molar-refractivity contribution in [3.05, 3.63) is 74.6 Å². The van der Waals surface area contributed by atoms with Gasteiger partial charge in [0.05, 0.1) is 23.6 Å². The van der Waals surface area contributed by atoms with Crippen LogP contribution in [0.5, 0.6) is 5.75 Å². The van der Waals surface area contributed by atoms with E-state index in [1.54, 1.807) is 25.2 Å². The molecule has 1 aliphatic rings. The Balaban J connectivity index is 1.64. The first-order valence-corrected chi connectivity index (χ1v) is 10.6. The lowest BCUT2D eigenvalue weighted by atomic mass is 9.98. The number of benzene rings is 2. The molecule has 3 aromatic rings. The van der Waals surface area contributed by atoms with E-state index in [1.165, 1.54) is 17.7 Å². The lowest BCUT2D eigenvalue weighted by molar-refractivity contribution is 0.0771. The molecule has 6 heteroatoms. The van der Waals surface area contributed by atoms with Crippen LogP contribution >= 0.6 is 11.6 Å². The molecule has 2 heterocycles. The molecule has 0 saturated carbocycles. The molecule has 0 saturated heterocycles. The maximum absolute atomic E-state index is 13.2. The fourth-order valence-electron chi connectivity index (χ4n) is 3.92. The number of amides is 1. The van der Waals surface area contributed by atoms with Crippen molar-refractivity contribution in [3.8, 4) is 5.75 Å². The van der Waals surface area contributed by atoms with Crippen molar-refractivity contribution < 1.29 is 13.9 Å². The van der Waals surface area contributed by atoms with Crippen molar-refractivity contribution >= 4 is 28.5 Å².